The lowest BCUT2D eigenvalue weighted by molar-refractivity contribution is 0.0821. The third-order valence-corrected chi connectivity index (χ3v) is 2.22. The maximum atomic E-state index is 12.8. The van der Waals surface area contributed by atoms with E-state index in [0.29, 0.717) is 6.61 Å². The molecule has 1 amide bonds. The number of nitrogens with two attached hydrogens (primary N) is 1. The molecule has 4 nitrogen and oxygen atoms in total. The molecule has 0 bridgehead atoms. The summed E-state index contributed by atoms with van der Waals surface area (Å²) in [4.78, 5) is 11.9. The molecule has 17 heavy (non-hydrogen) atoms. The maximum Gasteiger partial charge on any atom is 0.253 e. The maximum absolute atomic E-state index is 12.8. The van der Waals surface area contributed by atoms with E-state index in [4.69, 9.17) is 10.5 Å². The van der Waals surface area contributed by atoms with Crippen LogP contribution in [0.25, 0.3) is 0 Å². The van der Waals surface area contributed by atoms with E-state index in [-0.39, 0.29) is 17.2 Å². The number of hydrogen-bond acceptors (Lipinski definition) is 3. The van der Waals surface area contributed by atoms with Crippen molar-refractivity contribution >= 4 is 11.6 Å². The van der Waals surface area contributed by atoms with Gasteiger partial charge in [0.05, 0.1) is 17.7 Å². The predicted molar refractivity (Wildman–Crippen MR) is 64.2 cm³/mol. The van der Waals surface area contributed by atoms with Crippen molar-refractivity contribution in [2.24, 2.45) is 0 Å². The fourth-order valence-electron chi connectivity index (χ4n) is 1.51. The molecule has 0 saturated carbocycles. The molecule has 94 valence electrons. The van der Waals surface area contributed by atoms with E-state index in [2.05, 4.69) is 5.32 Å². The molecule has 1 aromatic rings. The molecule has 0 spiro atoms. The summed E-state index contributed by atoms with van der Waals surface area (Å²) in [6, 6.07) is 3.69. The largest absolute Gasteiger partial charge is 0.398 e. The van der Waals surface area contributed by atoms with Gasteiger partial charge in [0, 0.05) is 12.8 Å². The number of rotatable bonds is 4. The van der Waals surface area contributed by atoms with Gasteiger partial charge in [0.25, 0.3) is 5.91 Å². The van der Waals surface area contributed by atoms with Gasteiger partial charge in [0.15, 0.2) is 0 Å². The Labute approximate surface area is 100.0 Å². The molecule has 0 atom stereocenters. The lowest BCUT2D eigenvalue weighted by atomic mass is 10.1. The Hall–Kier alpha value is -1.62. The SMILES string of the molecule is COCC(C)(C)NC(=O)c1ccc(F)cc1N. The second-order valence-corrected chi connectivity index (χ2v) is 4.50. The quantitative estimate of drug-likeness (QED) is 0.785. The van der Waals surface area contributed by atoms with Crippen molar-refractivity contribution in [3.05, 3.63) is 29.6 Å². The number of halogens is 1. The van der Waals surface area contributed by atoms with Crippen LogP contribution in [0, 0.1) is 5.82 Å². The number of nitrogens with one attached hydrogen (secondary N) is 1. The average molecular weight is 240 g/mol. The summed E-state index contributed by atoms with van der Waals surface area (Å²) in [7, 11) is 1.56. The standard InChI is InChI=1S/C12H17FN2O2/c1-12(2,7-17-3)15-11(16)9-5-4-8(13)6-10(9)14/h4-6H,7,14H2,1-3H3,(H,15,16). The van der Waals surface area contributed by atoms with Crippen molar-refractivity contribution in [3.8, 4) is 0 Å². The lowest BCUT2D eigenvalue weighted by Gasteiger charge is -2.25. The highest BCUT2D eigenvalue weighted by Gasteiger charge is 2.22. The molecule has 0 aromatic heterocycles. The number of amides is 1. The summed E-state index contributed by atoms with van der Waals surface area (Å²) in [6.45, 7) is 4.03. The summed E-state index contributed by atoms with van der Waals surface area (Å²) in [5.41, 5.74) is 5.46. The highest BCUT2D eigenvalue weighted by molar-refractivity contribution is 5.99. The van der Waals surface area contributed by atoms with Crippen LogP contribution in [0.5, 0.6) is 0 Å². The van der Waals surface area contributed by atoms with Gasteiger partial charge >= 0.3 is 0 Å². The van der Waals surface area contributed by atoms with Gasteiger partial charge < -0.3 is 15.8 Å². The summed E-state index contributed by atoms with van der Waals surface area (Å²) >= 11 is 0. The Morgan fingerprint density at radius 1 is 1.53 bits per heavy atom. The number of methoxy groups -OCH3 is 1. The molecule has 0 radical (unpaired) electrons. The highest BCUT2D eigenvalue weighted by Crippen LogP contribution is 2.14. The van der Waals surface area contributed by atoms with Crippen molar-refractivity contribution in [3.63, 3.8) is 0 Å². The monoisotopic (exact) mass is 240 g/mol. The fraction of sp³-hybridized carbons (Fsp3) is 0.417. The molecule has 1 aromatic carbocycles. The number of ether oxygens (including phenoxy) is 1. The minimum Gasteiger partial charge on any atom is -0.398 e. The first-order valence-corrected chi connectivity index (χ1v) is 5.22. The van der Waals surface area contributed by atoms with Crippen LogP contribution >= 0.6 is 0 Å². The topological polar surface area (TPSA) is 64.3 Å². The van der Waals surface area contributed by atoms with E-state index in [9.17, 15) is 9.18 Å². The molecule has 1 rings (SSSR count). The zero-order chi connectivity index (χ0) is 13.1. The Morgan fingerprint density at radius 2 is 2.18 bits per heavy atom. The van der Waals surface area contributed by atoms with Gasteiger partial charge in [0.2, 0.25) is 0 Å². The van der Waals surface area contributed by atoms with Gasteiger partial charge in [-0.15, -0.1) is 0 Å². The summed E-state index contributed by atoms with van der Waals surface area (Å²) in [5.74, 6) is -0.806. The van der Waals surface area contributed by atoms with E-state index in [1.165, 1.54) is 12.1 Å². The van der Waals surface area contributed by atoms with Gasteiger partial charge in [-0.25, -0.2) is 4.39 Å². The zero-order valence-corrected chi connectivity index (χ0v) is 10.2. The van der Waals surface area contributed by atoms with Crippen LogP contribution in [0.15, 0.2) is 18.2 Å². The summed E-state index contributed by atoms with van der Waals surface area (Å²) < 4.78 is 17.8. The number of carbonyl (C=O) groups is 1. The predicted octanol–water partition coefficient (Wildman–Crippen LogP) is 1.56. The smallest absolute Gasteiger partial charge is 0.253 e. The molecule has 0 fully saturated rings. The van der Waals surface area contributed by atoms with Crippen molar-refractivity contribution < 1.29 is 13.9 Å². The molecule has 0 heterocycles. The Morgan fingerprint density at radius 3 is 2.71 bits per heavy atom. The van der Waals surface area contributed by atoms with Crippen molar-refractivity contribution in [2.45, 2.75) is 19.4 Å². The van der Waals surface area contributed by atoms with Gasteiger partial charge in [-0.05, 0) is 32.0 Å². The second-order valence-electron chi connectivity index (χ2n) is 4.50. The van der Waals surface area contributed by atoms with Crippen LogP contribution < -0.4 is 11.1 Å². The molecule has 5 heteroatoms. The first-order valence-electron chi connectivity index (χ1n) is 5.22. The first kappa shape index (κ1) is 13.4. The van der Waals surface area contributed by atoms with Crippen LogP contribution in [0.4, 0.5) is 10.1 Å². The van der Waals surface area contributed by atoms with Crippen LogP contribution in [-0.4, -0.2) is 25.2 Å². The van der Waals surface area contributed by atoms with E-state index in [1.807, 2.05) is 13.8 Å². The third kappa shape index (κ3) is 3.71. The van der Waals surface area contributed by atoms with Crippen molar-refractivity contribution in [1.29, 1.82) is 0 Å². The van der Waals surface area contributed by atoms with E-state index < -0.39 is 11.4 Å². The molecular weight excluding hydrogens is 223 g/mol. The van der Waals surface area contributed by atoms with E-state index >= 15 is 0 Å². The fourth-order valence-corrected chi connectivity index (χ4v) is 1.51. The normalized spacial score (nSPS) is 11.3. The van der Waals surface area contributed by atoms with Gasteiger partial charge in [-0.1, -0.05) is 0 Å². The number of benzene rings is 1. The summed E-state index contributed by atoms with van der Waals surface area (Å²) in [6.07, 6.45) is 0. The van der Waals surface area contributed by atoms with E-state index in [0.717, 1.165) is 6.07 Å². The van der Waals surface area contributed by atoms with Gasteiger partial charge in [-0.2, -0.15) is 0 Å². The van der Waals surface area contributed by atoms with Crippen LogP contribution in [-0.2, 0) is 4.74 Å². The van der Waals surface area contributed by atoms with Gasteiger partial charge in [-0.3, -0.25) is 4.79 Å². The highest BCUT2D eigenvalue weighted by atomic mass is 19.1. The second kappa shape index (κ2) is 5.14. The van der Waals surface area contributed by atoms with Crippen LogP contribution in [0.2, 0.25) is 0 Å². The Kier molecular flexibility index (Phi) is 4.07. The number of carbonyl (C=O) groups excluding carboxylic acids is 1. The molecule has 0 aliphatic heterocycles. The molecule has 0 unspecified atom stereocenters. The van der Waals surface area contributed by atoms with Crippen molar-refractivity contribution in [1.82, 2.24) is 5.32 Å². The molecule has 3 N–H and O–H groups in total. The average Bonchev–Trinajstić information content (AvgIpc) is 2.15. The van der Waals surface area contributed by atoms with Crippen LogP contribution in [0.1, 0.15) is 24.2 Å². The Bertz CT molecular complexity index is 419. The van der Waals surface area contributed by atoms with Crippen LogP contribution in [0.3, 0.4) is 0 Å². The zero-order valence-electron chi connectivity index (χ0n) is 10.2. The minimum absolute atomic E-state index is 0.121. The summed E-state index contributed by atoms with van der Waals surface area (Å²) in [5, 5.41) is 2.77. The molecule has 0 aliphatic rings. The van der Waals surface area contributed by atoms with Crippen molar-refractivity contribution in [2.75, 3.05) is 19.5 Å². The molecule has 0 aliphatic carbocycles. The molecular formula is C12H17FN2O2. The Balaban J connectivity index is 2.83. The lowest BCUT2D eigenvalue weighted by Crippen LogP contribution is -2.46. The van der Waals surface area contributed by atoms with Gasteiger partial charge in [0.1, 0.15) is 5.82 Å². The minimum atomic E-state index is -0.507. The number of anilines is 1. The first-order chi connectivity index (χ1) is 7.85. The number of nitrogen functional groups attached to an aromatic ring is 1. The third-order valence-electron chi connectivity index (χ3n) is 2.22. The molecule has 0 saturated heterocycles. The van der Waals surface area contributed by atoms with E-state index in [1.54, 1.807) is 7.11 Å². The number of hydrogen-bond donors (Lipinski definition) is 2.